The molecule has 0 spiro atoms. The molecule has 1 saturated heterocycles. The molecule has 7 rings (SSSR count). The standard InChI is InChI=1S/C61H84N2O12/c1-5-7-13-53(67)54(68)27-21-43-20-19-42-11-8-10-41(6-2)48(42)12-9-30-61(60(4,75)35-39-16-23-46(65)24-17-39)36-40-15-18-45(44(31-40)22-29-57(71)72)32-56(70)49-25-14-38(3)62-59(51(49)34-58(73)74)55(69)28-26-52(63-61)50(43)33-47(66)37-64/h8,10-11,15-18,21,23-24,27,31,38,47,49,51-56,59,62-70,75H,5-7,13-14,19-20,22,25-26,28-30,32-37H2,1-4H3,(H,71,72)(H,73,74). The number of hydrogen-bond acceptors (Lipinski definition) is 12. The van der Waals surface area contributed by atoms with E-state index >= 15 is 0 Å². The molecular weight excluding hydrogens is 953 g/mol. The van der Waals surface area contributed by atoms with Crippen molar-refractivity contribution in [1.29, 1.82) is 0 Å². The van der Waals surface area contributed by atoms with Crippen LogP contribution in [-0.2, 0) is 48.1 Å². The van der Waals surface area contributed by atoms with Crippen molar-refractivity contribution in [3.05, 3.63) is 123 Å². The van der Waals surface area contributed by atoms with Gasteiger partial charge in [0, 0.05) is 43.0 Å². The number of phenolic OH excluding ortho intramolecular Hbond substituents is 1. The Labute approximate surface area is 443 Å². The maximum absolute atomic E-state index is 13.6. The minimum atomic E-state index is -1.71. The number of aryl methyl sites for hydroxylation is 3. The zero-order valence-electron chi connectivity index (χ0n) is 44.4. The molecule has 4 aliphatic rings. The predicted octanol–water partition coefficient (Wildman–Crippen LogP) is 6.01. The maximum atomic E-state index is 13.6. The van der Waals surface area contributed by atoms with E-state index in [4.69, 9.17) is 0 Å². The van der Waals surface area contributed by atoms with Crippen LogP contribution in [0.25, 0.3) is 0 Å². The van der Waals surface area contributed by atoms with E-state index in [-0.39, 0.29) is 76.0 Å². The summed E-state index contributed by atoms with van der Waals surface area (Å²) in [5.74, 6) is 3.76. The Morgan fingerprint density at radius 3 is 2.37 bits per heavy atom. The van der Waals surface area contributed by atoms with Crippen LogP contribution in [0.15, 0.2) is 84.0 Å². The molecule has 4 heterocycles. The normalized spacial score (nSPS) is 26.8. The monoisotopic (exact) mass is 1040 g/mol. The summed E-state index contributed by atoms with van der Waals surface area (Å²) in [4.78, 5) is 25.0. The van der Waals surface area contributed by atoms with Crippen LogP contribution in [0.1, 0.15) is 144 Å². The van der Waals surface area contributed by atoms with Gasteiger partial charge < -0.3 is 61.7 Å². The van der Waals surface area contributed by atoms with Crippen molar-refractivity contribution in [1.82, 2.24) is 10.6 Å². The second-order valence-electron chi connectivity index (χ2n) is 22.0. The van der Waals surface area contributed by atoms with E-state index in [0.29, 0.717) is 72.8 Å². The van der Waals surface area contributed by atoms with Crippen molar-refractivity contribution in [3.8, 4) is 17.6 Å². The molecule has 0 aromatic heterocycles. The van der Waals surface area contributed by atoms with E-state index in [1.165, 1.54) is 0 Å². The Morgan fingerprint density at radius 1 is 0.920 bits per heavy atom. The summed E-state index contributed by atoms with van der Waals surface area (Å²) in [6.07, 6.45) is 2.11. The lowest BCUT2D eigenvalue weighted by atomic mass is 9.69. The number of rotatable bonds is 18. The highest BCUT2D eigenvalue weighted by molar-refractivity contribution is 5.67. The van der Waals surface area contributed by atoms with Gasteiger partial charge in [-0.15, -0.1) is 0 Å². The largest absolute Gasteiger partial charge is 0.508 e. The zero-order valence-corrected chi connectivity index (χ0v) is 44.4. The number of aliphatic carboxylic acids is 2. The molecular formula is C61H84N2O12. The first-order valence-corrected chi connectivity index (χ1v) is 27.4. The molecule has 14 heteroatoms. The SMILES string of the molecule is CCCCC(O)C(O)C=CC1=C(CC(O)CO)C2CCC(O)C3NC(C)CCC(C(O)Cc4ccc(cc4CCC(=O)O)CC(C(C)(O)Cc4ccc(O)cc4)(CC#Cc4c(CC)cccc4CC1)N2)C3CC(=O)O. The molecule has 3 aromatic carbocycles. The molecule has 12 N–H and O–H groups in total. The highest BCUT2D eigenvalue weighted by Gasteiger charge is 2.49. The number of aliphatic hydroxyl groups is 7. The molecule has 6 bridgehead atoms. The first kappa shape index (κ1) is 59.3. The molecule has 0 aliphatic carbocycles. The lowest BCUT2D eigenvalue weighted by Crippen LogP contribution is -2.66. The van der Waals surface area contributed by atoms with Crippen LogP contribution in [-0.4, -0.2) is 129 Å². The number of nitrogens with one attached hydrogen (secondary N) is 2. The lowest BCUT2D eigenvalue weighted by Gasteiger charge is -2.49. The third kappa shape index (κ3) is 15.8. The van der Waals surface area contributed by atoms with Crippen LogP contribution in [0, 0.1) is 23.7 Å². The highest BCUT2D eigenvalue weighted by Crippen LogP contribution is 2.40. The third-order valence-corrected chi connectivity index (χ3v) is 16.4. The van der Waals surface area contributed by atoms with Crippen molar-refractivity contribution in [3.63, 3.8) is 0 Å². The average molecular weight is 1040 g/mol. The highest BCUT2D eigenvalue weighted by atomic mass is 16.4. The molecule has 12 unspecified atom stereocenters. The fraction of sp³-hybridized carbons (Fsp3) is 0.574. The van der Waals surface area contributed by atoms with Crippen molar-refractivity contribution >= 4 is 11.9 Å². The molecule has 1 fully saturated rings. The number of benzene rings is 3. The van der Waals surface area contributed by atoms with E-state index in [2.05, 4.69) is 29.4 Å². The topological polar surface area (TPSA) is 260 Å². The molecule has 3 aromatic rings. The second-order valence-corrected chi connectivity index (χ2v) is 22.0. The Hall–Kier alpha value is -4.92. The van der Waals surface area contributed by atoms with Gasteiger partial charge in [0.05, 0.1) is 54.7 Å². The van der Waals surface area contributed by atoms with Gasteiger partial charge in [0.25, 0.3) is 0 Å². The summed E-state index contributed by atoms with van der Waals surface area (Å²) in [6.45, 7) is 7.18. The molecule has 12 atom stereocenters. The number of hydrogen-bond donors (Lipinski definition) is 12. The quantitative estimate of drug-likeness (QED) is 0.0652. The maximum Gasteiger partial charge on any atom is 0.303 e. The second kappa shape index (κ2) is 27.4. The van der Waals surface area contributed by atoms with Crippen molar-refractivity contribution < 1.29 is 60.7 Å². The van der Waals surface area contributed by atoms with Gasteiger partial charge in [0.2, 0.25) is 0 Å². The first-order chi connectivity index (χ1) is 35.8. The summed E-state index contributed by atoms with van der Waals surface area (Å²) in [7, 11) is 0. The molecule has 4 aliphatic heterocycles. The summed E-state index contributed by atoms with van der Waals surface area (Å²) in [5.41, 5.74) is 3.82. The van der Waals surface area contributed by atoms with Gasteiger partial charge in [-0.1, -0.05) is 99.2 Å². The Bertz CT molecular complexity index is 2490. The molecule has 0 radical (unpaired) electrons. The Kier molecular flexibility index (Phi) is 21.7. The number of fused-ring (bicyclic) bond motifs is 6. The minimum Gasteiger partial charge on any atom is -0.508 e. The summed E-state index contributed by atoms with van der Waals surface area (Å²) in [6, 6.07) is 16.6. The predicted molar refractivity (Wildman–Crippen MR) is 289 cm³/mol. The number of carboxylic acid groups (broad SMARTS) is 2. The summed E-state index contributed by atoms with van der Waals surface area (Å²) in [5, 5.41) is 122. The van der Waals surface area contributed by atoms with Gasteiger partial charge >= 0.3 is 11.9 Å². The van der Waals surface area contributed by atoms with E-state index < -0.39 is 84.1 Å². The van der Waals surface area contributed by atoms with Gasteiger partial charge in [-0.3, -0.25) is 9.59 Å². The van der Waals surface area contributed by atoms with E-state index in [0.717, 1.165) is 28.7 Å². The van der Waals surface area contributed by atoms with Gasteiger partial charge in [-0.05, 0) is 159 Å². The summed E-state index contributed by atoms with van der Waals surface area (Å²) < 4.78 is 0. The first-order valence-electron chi connectivity index (χ1n) is 27.4. The number of carboxylic acids is 2. The number of aliphatic hydroxyl groups excluding tert-OH is 6. The molecule has 14 nitrogen and oxygen atoms in total. The molecule has 410 valence electrons. The average Bonchev–Trinajstić information content (AvgIpc) is 3.53. The van der Waals surface area contributed by atoms with Gasteiger partial charge in [0.1, 0.15) is 5.75 Å². The molecule has 0 amide bonds. The van der Waals surface area contributed by atoms with Crippen LogP contribution in [0.3, 0.4) is 0 Å². The number of phenols is 1. The van der Waals surface area contributed by atoms with Crippen LogP contribution < -0.4 is 10.6 Å². The fourth-order valence-corrected chi connectivity index (χ4v) is 12.0. The van der Waals surface area contributed by atoms with Crippen molar-refractivity contribution in [2.24, 2.45) is 11.8 Å². The Balaban J connectivity index is 1.71. The van der Waals surface area contributed by atoms with Crippen LogP contribution >= 0.6 is 0 Å². The molecule has 0 saturated carbocycles. The van der Waals surface area contributed by atoms with E-state index in [9.17, 15) is 60.7 Å². The van der Waals surface area contributed by atoms with E-state index in [1.54, 1.807) is 43.3 Å². The Morgan fingerprint density at radius 2 is 1.68 bits per heavy atom. The fourth-order valence-electron chi connectivity index (χ4n) is 12.0. The molecule has 75 heavy (non-hydrogen) atoms. The van der Waals surface area contributed by atoms with Crippen molar-refractivity contribution in [2.45, 2.75) is 203 Å². The number of carbonyl (C=O) groups is 2. The minimum absolute atomic E-state index is 0.0347. The smallest absolute Gasteiger partial charge is 0.303 e. The van der Waals surface area contributed by atoms with Crippen LogP contribution in [0.4, 0.5) is 0 Å². The van der Waals surface area contributed by atoms with Crippen LogP contribution in [0.2, 0.25) is 0 Å². The van der Waals surface area contributed by atoms with Crippen LogP contribution in [0.5, 0.6) is 5.75 Å². The van der Waals surface area contributed by atoms with Gasteiger partial charge in [-0.25, -0.2) is 0 Å². The van der Waals surface area contributed by atoms with E-state index in [1.807, 2.05) is 50.2 Å². The van der Waals surface area contributed by atoms with Gasteiger partial charge in [-0.2, -0.15) is 0 Å². The lowest BCUT2D eigenvalue weighted by molar-refractivity contribution is -0.140. The zero-order chi connectivity index (χ0) is 54.5. The number of aromatic hydroxyl groups is 1. The number of allylic oxidation sites excluding steroid dienone is 2. The number of unbranched alkanes of at least 4 members (excludes halogenated alkanes) is 1. The van der Waals surface area contributed by atoms with Crippen molar-refractivity contribution in [2.75, 3.05) is 6.61 Å². The summed E-state index contributed by atoms with van der Waals surface area (Å²) >= 11 is 0. The van der Waals surface area contributed by atoms with Gasteiger partial charge in [0.15, 0.2) is 0 Å². The third-order valence-electron chi connectivity index (χ3n) is 16.4.